The summed E-state index contributed by atoms with van der Waals surface area (Å²) in [5, 5.41) is 2.09. The summed E-state index contributed by atoms with van der Waals surface area (Å²) in [6.07, 6.45) is 0. The maximum atomic E-state index is 13.1. The number of rotatable bonds is 7. The third kappa shape index (κ3) is 4.73. The average Bonchev–Trinajstić information content (AvgIpc) is 3.01. The number of nitrogens with one attached hydrogen (secondary N) is 1. The van der Waals surface area contributed by atoms with Crippen molar-refractivity contribution in [3.8, 4) is 11.5 Å². The predicted octanol–water partition coefficient (Wildman–Crippen LogP) is 1.74. The molecule has 2 atom stereocenters. The van der Waals surface area contributed by atoms with Gasteiger partial charge >= 0.3 is 0 Å². The number of hydrogen-bond acceptors (Lipinski definition) is 7. The smallest absolute Gasteiger partial charge is 0.183 e. The molecule has 0 amide bonds. The highest BCUT2D eigenvalue weighted by molar-refractivity contribution is 7.96. The van der Waals surface area contributed by atoms with Crippen molar-refractivity contribution < 1.29 is 26.3 Å². The molecular formula is C20H25NO6S2. The van der Waals surface area contributed by atoms with Gasteiger partial charge in [-0.2, -0.15) is 0 Å². The molecule has 1 N–H and O–H groups in total. The van der Waals surface area contributed by atoms with Gasteiger partial charge < -0.3 is 14.8 Å². The van der Waals surface area contributed by atoms with Gasteiger partial charge in [-0.1, -0.05) is 23.8 Å². The number of aryl methyl sites for hydroxylation is 1. The summed E-state index contributed by atoms with van der Waals surface area (Å²) in [5.41, 5.74) is 1.77. The molecule has 0 bridgehead atoms. The van der Waals surface area contributed by atoms with Gasteiger partial charge in [0.25, 0.3) is 0 Å². The minimum atomic E-state index is -3.79. The summed E-state index contributed by atoms with van der Waals surface area (Å²) >= 11 is 0. The first kappa shape index (κ1) is 21.6. The maximum absolute atomic E-state index is 13.1. The van der Waals surface area contributed by atoms with E-state index in [0.717, 1.165) is 11.1 Å². The Morgan fingerprint density at radius 2 is 1.66 bits per heavy atom. The average molecular weight is 440 g/mol. The standard InChI is InChI=1S/C20H25NO6S2/c1-14-4-7-16(8-5-14)29(24,25)20-13-28(22,23)12-17(20)21-11-15-6-9-18(26-2)19(10-15)27-3/h4-10,17,20-21H,11-13H2,1-3H3/t17-,20-/m1/s1. The quantitative estimate of drug-likeness (QED) is 0.702. The first-order chi connectivity index (χ1) is 13.7. The van der Waals surface area contributed by atoms with Gasteiger partial charge in [0.1, 0.15) is 0 Å². The molecule has 0 saturated carbocycles. The Morgan fingerprint density at radius 3 is 2.28 bits per heavy atom. The Hall–Kier alpha value is -2.10. The van der Waals surface area contributed by atoms with E-state index in [1.807, 2.05) is 13.0 Å². The van der Waals surface area contributed by atoms with Crippen LogP contribution in [0, 0.1) is 6.92 Å². The second-order valence-corrected chi connectivity index (χ2v) is 11.5. The van der Waals surface area contributed by atoms with Crippen molar-refractivity contribution >= 4 is 19.7 Å². The number of benzene rings is 2. The fraction of sp³-hybridized carbons (Fsp3) is 0.400. The molecule has 2 aromatic carbocycles. The van der Waals surface area contributed by atoms with Crippen LogP contribution in [0.5, 0.6) is 11.5 Å². The van der Waals surface area contributed by atoms with Gasteiger partial charge in [-0.05, 0) is 36.8 Å². The van der Waals surface area contributed by atoms with Crippen LogP contribution in [0.4, 0.5) is 0 Å². The van der Waals surface area contributed by atoms with Crippen LogP contribution < -0.4 is 14.8 Å². The van der Waals surface area contributed by atoms with E-state index in [4.69, 9.17) is 9.47 Å². The molecule has 0 spiro atoms. The lowest BCUT2D eigenvalue weighted by atomic mass is 10.1. The lowest BCUT2D eigenvalue weighted by Crippen LogP contribution is -2.43. The molecule has 29 heavy (non-hydrogen) atoms. The molecular weight excluding hydrogens is 414 g/mol. The molecule has 0 radical (unpaired) electrons. The van der Waals surface area contributed by atoms with E-state index >= 15 is 0 Å². The Bertz CT molecular complexity index is 1080. The first-order valence-corrected chi connectivity index (χ1v) is 12.5. The summed E-state index contributed by atoms with van der Waals surface area (Å²) in [4.78, 5) is 0.142. The SMILES string of the molecule is COc1ccc(CN[C@@H]2CS(=O)(=O)C[C@H]2S(=O)(=O)c2ccc(C)cc2)cc1OC. The molecule has 9 heteroatoms. The largest absolute Gasteiger partial charge is 0.493 e. The van der Waals surface area contributed by atoms with E-state index in [1.165, 1.54) is 19.2 Å². The molecule has 0 aromatic heterocycles. The molecule has 1 aliphatic rings. The zero-order chi connectivity index (χ0) is 21.2. The van der Waals surface area contributed by atoms with E-state index < -0.39 is 31.0 Å². The fourth-order valence-corrected chi connectivity index (χ4v) is 8.17. The molecule has 3 rings (SSSR count). The highest BCUT2D eigenvalue weighted by atomic mass is 32.2. The van der Waals surface area contributed by atoms with Crippen molar-refractivity contribution in [2.75, 3.05) is 25.7 Å². The summed E-state index contributed by atoms with van der Waals surface area (Å²) < 4.78 is 61.2. The fourth-order valence-electron chi connectivity index (χ4n) is 3.45. The van der Waals surface area contributed by atoms with Gasteiger partial charge in [-0.3, -0.25) is 0 Å². The zero-order valence-corrected chi connectivity index (χ0v) is 18.2. The summed E-state index contributed by atoms with van der Waals surface area (Å²) in [6, 6.07) is 11.1. The van der Waals surface area contributed by atoms with Crippen LogP contribution in [0.2, 0.25) is 0 Å². The highest BCUT2D eigenvalue weighted by Gasteiger charge is 2.45. The molecule has 1 heterocycles. The summed E-state index contributed by atoms with van der Waals surface area (Å²) in [6.45, 7) is 2.17. The van der Waals surface area contributed by atoms with E-state index in [2.05, 4.69) is 5.32 Å². The van der Waals surface area contributed by atoms with E-state index in [0.29, 0.717) is 18.0 Å². The topological polar surface area (TPSA) is 98.8 Å². The van der Waals surface area contributed by atoms with Crippen molar-refractivity contribution in [3.05, 3.63) is 53.6 Å². The molecule has 0 aliphatic carbocycles. The van der Waals surface area contributed by atoms with Crippen molar-refractivity contribution in [3.63, 3.8) is 0 Å². The predicted molar refractivity (Wildman–Crippen MR) is 111 cm³/mol. The van der Waals surface area contributed by atoms with Crippen LogP contribution in [-0.2, 0) is 26.2 Å². The molecule has 1 saturated heterocycles. The number of sulfone groups is 2. The number of hydrogen-bond donors (Lipinski definition) is 1. The van der Waals surface area contributed by atoms with Gasteiger partial charge in [0, 0.05) is 12.6 Å². The van der Waals surface area contributed by atoms with Crippen molar-refractivity contribution in [1.82, 2.24) is 5.32 Å². The maximum Gasteiger partial charge on any atom is 0.183 e. The Morgan fingerprint density at radius 1 is 1.00 bits per heavy atom. The van der Waals surface area contributed by atoms with Crippen molar-refractivity contribution in [2.45, 2.75) is 29.7 Å². The number of ether oxygens (including phenoxy) is 2. The monoisotopic (exact) mass is 439 g/mol. The second-order valence-electron chi connectivity index (χ2n) is 7.15. The van der Waals surface area contributed by atoms with Gasteiger partial charge in [0.05, 0.1) is 35.9 Å². The Balaban J connectivity index is 1.83. The molecule has 1 aliphatic heterocycles. The van der Waals surface area contributed by atoms with E-state index in [1.54, 1.807) is 31.4 Å². The van der Waals surface area contributed by atoms with Gasteiger partial charge in [0.15, 0.2) is 31.2 Å². The first-order valence-electron chi connectivity index (χ1n) is 9.11. The third-order valence-electron chi connectivity index (χ3n) is 5.06. The van der Waals surface area contributed by atoms with E-state index in [-0.39, 0.29) is 16.4 Å². The molecule has 1 fully saturated rings. The molecule has 2 aromatic rings. The summed E-state index contributed by atoms with van der Waals surface area (Å²) in [7, 11) is -4.18. The van der Waals surface area contributed by atoms with Crippen molar-refractivity contribution in [1.29, 1.82) is 0 Å². The van der Waals surface area contributed by atoms with E-state index in [9.17, 15) is 16.8 Å². The minimum Gasteiger partial charge on any atom is -0.493 e. The van der Waals surface area contributed by atoms with Crippen LogP contribution in [0.15, 0.2) is 47.4 Å². The Kier molecular flexibility index (Phi) is 6.21. The lowest BCUT2D eigenvalue weighted by molar-refractivity contribution is 0.354. The normalized spacial score (nSPS) is 21.1. The molecule has 0 unspecified atom stereocenters. The van der Waals surface area contributed by atoms with Gasteiger partial charge in [-0.25, -0.2) is 16.8 Å². The van der Waals surface area contributed by atoms with Crippen LogP contribution in [0.1, 0.15) is 11.1 Å². The highest BCUT2D eigenvalue weighted by Crippen LogP contribution is 2.29. The van der Waals surface area contributed by atoms with Gasteiger partial charge in [-0.15, -0.1) is 0 Å². The van der Waals surface area contributed by atoms with Crippen molar-refractivity contribution in [2.24, 2.45) is 0 Å². The summed E-state index contributed by atoms with van der Waals surface area (Å²) in [5.74, 6) is 0.539. The van der Waals surface area contributed by atoms with Crippen LogP contribution in [0.3, 0.4) is 0 Å². The Labute approximate surface area is 171 Å². The second kappa shape index (κ2) is 8.33. The van der Waals surface area contributed by atoms with Crippen LogP contribution in [0.25, 0.3) is 0 Å². The minimum absolute atomic E-state index is 0.142. The van der Waals surface area contributed by atoms with Crippen LogP contribution in [-0.4, -0.2) is 53.9 Å². The number of methoxy groups -OCH3 is 2. The molecule has 7 nitrogen and oxygen atoms in total. The van der Waals surface area contributed by atoms with Crippen LogP contribution >= 0.6 is 0 Å². The third-order valence-corrected chi connectivity index (χ3v) is 9.23. The zero-order valence-electron chi connectivity index (χ0n) is 16.6. The molecule has 158 valence electrons. The lowest BCUT2D eigenvalue weighted by Gasteiger charge is -2.20. The van der Waals surface area contributed by atoms with Gasteiger partial charge in [0.2, 0.25) is 0 Å².